The number of ether oxygens (including phenoxy) is 1. The zero-order chi connectivity index (χ0) is 14.8. The van der Waals surface area contributed by atoms with Crippen molar-refractivity contribution < 1.29 is 13.2 Å². The third kappa shape index (κ3) is 3.92. The van der Waals surface area contributed by atoms with E-state index in [-0.39, 0.29) is 22.3 Å². The van der Waals surface area contributed by atoms with Gasteiger partial charge in [0.2, 0.25) is 10.0 Å². The number of pyridine rings is 1. The molecule has 0 aliphatic heterocycles. The van der Waals surface area contributed by atoms with Crippen molar-refractivity contribution in [1.29, 1.82) is 0 Å². The highest BCUT2D eigenvalue weighted by atomic mass is 79.9. The fraction of sp³-hybridized carbons (Fsp3) is 0.0833. The number of nitrogens with zero attached hydrogens (tertiary/aromatic N) is 1. The molecule has 0 radical (unpaired) electrons. The van der Waals surface area contributed by atoms with E-state index in [9.17, 15) is 8.42 Å². The van der Waals surface area contributed by atoms with Crippen molar-refractivity contribution in [2.75, 3.05) is 0 Å². The van der Waals surface area contributed by atoms with Crippen LogP contribution in [0, 0.1) is 0 Å². The summed E-state index contributed by atoms with van der Waals surface area (Å²) in [6.07, 6.45) is 3.26. The molecule has 0 aliphatic carbocycles. The van der Waals surface area contributed by atoms with Gasteiger partial charge in [-0.3, -0.25) is 4.98 Å². The molecule has 0 saturated carbocycles. The molecule has 5 nitrogen and oxygen atoms in total. The summed E-state index contributed by atoms with van der Waals surface area (Å²) in [5.74, 6) is 0.150. The van der Waals surface area contributed by atoms with Crippen LogP contribution in [0.4, 0.5) is 0 Å². The van der Waals surface area contributed by atoms with E-state index in [1.54, 1.807) is 12.4 Å². The smallest absolute Gasteiger partial charge is 0.241 e. The highest BCUT2D eigenvalue weighted by molar-refractivity contribution is 9.10. The molecule has 1 aromatic carbocycles. The minimum atomic E-state index is -3.90. The second-order valence-electron chi connectivity index (χ2n) is 3.94. The van der Waals surface area contributed by atoms with Crippen molar-refractivity contribution in [2.45, 2.75) is 11.5 Å². The summed E-state index contributed by atoms with van der Waals surface area (Å²) < 4.78 is 29.3. The van der Waals surface area contributed by atoms with Crippen LogP contribution < -0.4 is 9.88 Å². The molecular weight excluding hydrogens is 368 g/mol. The summed E-state index contributed by atoms with van der Waals surface area (Å²) in [4.78, 5) is 3.85. The summed E-state index contributed by atoms with van der Waals surface area (Å²) in [6, 6.07) is 6.07. The topological polar surface area (TPSA) is 82.3 Å². The van der Waals surface area contributed by atoms with Crippen molar-refractivity contribution in [3.05, 3.63) is 51.7 Å². The van der Waals surface area contributed by atoms with Crippen LogP contribution in [0.25, 0.3) is 0 Å². The molecule has 0 atom stereocenters. The maximum absolute atomic E-state index is 11.5. The van der Waals surface area contributed by atoms with Gasteiger partial charge in [0.15, 0.2) is 0 Å². The van der Waals surface area contributed by atoms with Crippen LogP contribution in [0.3, 0.4) is 0 Å². The maximum Gasteiger partial charge on any atom is 0.241 e. The summed E-state index contributed by atoms with van der Waals surface area (Å²) in [7, 11) is -3.90. The lowest BCUT2D eigenvalue weighted by Gasteiger charge is -2.10. The highest BCUT2D eigenvalue weighted by Gasteiger charge is 2.16. The Balaban J connectivity index is 2.26. The predicted molar refractivity (Wildman–Crippen MR) is 79.1 cm³/mol. The molecule has 0 amide bonds. The first-order valence-electron chi connectivity index (χ1n) is 5.41. The molecule has 0 saturated heterocycles. The van der Waals surface area contributed by atoms with Gasteiger partial charge in [-0.25, -0.2) is 13.6 Å². The Kier molecular flexibility index (Phi) is 4.64. The predicted octanol–water partition coefficient (Wildman–Crippen LogP) is 2.72. The van der Waals surface area contributed by atoms with Crippen LogP contribution in [-0.4, -0.2) is 13.4 Å². The number of hydrogen-bond donors (Lipinski definition) is 1. The summed E-state index contributed by atoms with van der Waals surface area (Å²) in [5.41, 5.74) is 0.787. The van der Waals surface area contributed by atoms with Crippen LogP contribution in [0.1, 0.15) is 5.56 Å². The molecule has 8 heteroatoms. The Labute approximate surface area is 129 Å². The van der Waals surface area contributed by atoms with E-state index in [1.807, 2.05) is 6.07 Å². The lowest BCUT2D eigenvalue weighted by atomic mass is 10.3. The van der Waals surface area contributed by atoms with Crippen LogP contribution in [0.2, 0.25) is 5.02 Å². The fourth-order valence-corrected chi connectivity index (χ4v) is 2.87. The maximum atomic E-state index is 11.5. The second kappa shape index (κ2) is 6.09. The Hall–Kier alpha value is -1.15. The average Bonchev–Trinajstić information content (AvgIpc) is 2.36. The molecule has 2 aromatic rings. The molecule has 20 heavy (non-hydrogen) atoms. The minimum absolute atomic E-state index is 0.145. The van der Waals surface area contributed by atoms with Crippen molar-refractivity contribution in [3.63, 3.8) is 0 Å². The average molecular weight is 378 g/mol. The van der Waals surface area contributed by atoms with Crippen molar-refractivity contribution in [3.8, 4) is 5.75 Å². The Morgan fingerprint density at radius 1 is 1.30 bits per heavy atom. The van der Waals surface area contributed by atoms with Gasteiger partial charge in [-0.1, -0.05) is 11.6 Å². The fourth-order valence-electron chi connectivity index (χ4n) is 1.52. The first-order valence-corrected chi connectivity index (χ1v) is 8.12. The number of benzene rings is 1. The number of sulfonamides is 1. The zero-order valence-corrected chi connectivity index (χ0v) is 13.2. The van der Waals surface area contributed by atoms with Crippen molar-refractivity contribution >= 4 is 37.6 Å². The number of nitrogens with two attached hydrogens (primary N) is 1. The number of rotatable bonds is 4. The molecular formula is C12H10BrClN2O3S. The molecule has 0 aliphatic rings. The summed E-state index contributed by atoms with van der Waals surface area (Å²) >= 11 is 9.06. The van der Waals surface area contributed by atoms with Gasteiger partial charge < -0.3 is 4.74 Å². The first kappa shape index (κ1) is 15.2. The van der Waals surface area contributed by atoms with E-state index in [1.165, 1.54) is 18.2 Å². The molecule has 2 N–H and O–H groups in total. The van der Waals surface area contributed by atoms with E-state index in [0.717, 1.165) is 10.0 Å². The van der Waals surface area contributed by atoms with Crippen molar-refractivity contribution in [2.24, 2.45) is 5.14 Å². The number of hydrogen-bond acceptors (Lipinski definition) is 4. The molecule has 1 heterocycles. The van der Waals surface area contributed by atoms with E-state index >= 15 is 0 Å². The first-order chi connectivity index (χ1) is 9.36. The van der Waals surface area contributed by atoms with Crippen LogP contribution in [0.15, 0.2) is 46.0 Å². The molecule has 2 rings (SSSR count). The number of aromatic nitrogens is 1. The van der Waals surface area contributed by atoms with Crippen molar-refractivity contribution in [1.82, 2.24) is 4.98 Å². The minimum Gasteiger partial charge on any atom is -0.487 e. The summed E-state index contributed by atoms with van der Waals surface area (Å²) in [5, 5.41) is 5.40. The lowest BCUT2D eigenvalue weighted by molar-refractivity contribution is 0.297. The van der Waals surface area contributed by atoms with E-state index < -0.39 is 10.0 Å². The standard InChI is InChI=1S/C12H10BrClN2O3S/c13-9-3-8(5-16-6-9)7-19-11-2-1-10(14)4-12(11)20(15,17)18/h1-6H,7H2,(H2,15,17,18). The largest absolute Gasteiger partial charge is 0.487 e. The quantitative estimate of drug-likeness (QED) is 0.888. The van der Waals surface area contributed by atoms with Gasteiger partial charge >= 0.3 is 0 Å². The van der Waals surface area contributed by atoms with Gasteiger partial charge in [0.05, 0.1) is 0 Å². The molecule has 1 aromatic heterocycles. The molecule has 0 fully saturated rings. The Bertz CT molecular complexity index is 737. The van der Waals surface area contributed by atoms with Crippen LogP contribution >= 0.6 is 27.5 Å². The van der Waals surface area contributed by atoms with Crippen LogP contribution in [0.5, 0.6) is 5.75 Å². The number of halogens is 2. The Morgan fingerprint density at radius 3 is 2.70 bits per heavy atom. The molecule has 0 bridgehead atoms. The molecule has 0 spiro atoms. The normalized spacial score (nSPS) is 11.3. The number of primary sulfonamides is 1. The third-order valence-corrected chi connectivity index (χ3v) is 3.97. The van der Waals surface area contributed by atoms with Gasteiger partial charge in [-0.15, -0.1) is 0 Å². The third-order valence-electron chi connectivity index (χ3n) is 2.37. The van der Waals surface area contributed by atoms with Gasteiger partial charge in [-0.05, 0) is 40.2 Å². The van der Waals surface area contributed by atoms with Gasteiger partial charge in [0, 0.05) is 27.5 Å². The molecule has 0 unspecified atom stereocenters. The summed E-state index contributed by atoms with van der Waals surface area (Å²) in [6.45, 7) is 0.163. The monoisotopic (exact) mass is 376 g/mol. The van der Waals surface area contributed by atoms with E-state index in [2.05, 4.69) is 20.9 Å². The van der Waals surface area contributed by atoms with Gasteiger partial charge in [0.25, 0.3) is 0 Å². The zero-order valence-electron chi connectivity index (χ0n) is 10.1. The second-order valence-corrected chi connectivity index (χ2v) is 6.82. The SMILES string of the molecule is NS(=O)(=O)c1cc(Cl)ccc1OCc1cncc(Br)c1. The van der Waals surface area contributed by atoms with Crippen LogP contribution in [-0.2, 0) is 16.6 Å². The Morgan fingerprint density at radius 2 is 2.05 bits per heavy atom. The highest BCUT2D eigenvalue weighted by Crippen LogP contribution is 2.27. The van der Waals surface area contributed by atoms with Gasteiger partial charge in [0.1, 0.15) is 17.3 Å². The van der Waals surface area contributed by atoms with E-state index in [0.29, 0.717) is 0 Å². The lowest BCUT2D eigenvalue weighted by Crippen LogP contribution is -2.14. The van der Waals surface area contributed by atoms with E-state index in [4.69, 9.17) is 21.5 Å². The van der Waals surface area contributed by atoms with Gasteiger partial charge in [-0.2, -0.15) is 0 Å². The molecule has 106 valence electrons.